The van der Waals surface area contributed by atoms with E-state index in [9.17, 15) is 0 Å². The molecule has 0 unspecified atom stereocenters. The maximum absolute atomic E-state index is 6.56. The average molecular weight is 240 g/mol. The highest BCUT2D eigenvalue weighted by Crippen LogP contribution is 2.36. The summed E-state index contributed by atoms with van der Waals surface area (Å²) in [6.45, 7) is 0. The molecule has 2 aromatic rings. The molecule has 0 amide bonds. The van der Waals surface area contributed by atoms with Crippen molar-refractivity contribution in [1.29, 1.82) is 0 Å². The van der Waals surface area contributed by atoms with Gasteiger partial charge in [0.1, 0.15) is 5.75 Å². The van der Waals surface area contributed by atoms with Gasteiger partial charge in [0.05, 0.1) is 18.8 Å². The molecule has 0 atom stereocenters. The van der Waals surface area contributed by atoms with E-state index in [1.807, 2.05) is 12.3 Å². The van der Waals surface area contributed by atoms with E-state index in [1.54, 1.807) is 13.3 Å². The van der Waals surface area contributed by atoms with Crippen LogP contribution >= 0.6 is 0 Å². The first kappa shape index (κ1) is 11.2. The van der Waals surface area contributed by atoms with Crippen LogP contribution in [0.4, 0.5) is 0 Å². The molecule has 0 radical (unpaired) electrons. The molecule has 3 heteroatoms. The third-order valence-corrected chi connectivity index (χ3v) is 3.65. The molecular formula is C15H16N2O. The summed E-state index contributed by atoms with van der Waals surface area (Å²) in [4.78, 5) is 4.20. The normalized spacial score (nSPS) is 16.3. The van der Waals surface area contributed by atoms with Crippen molar-refractivity contribution in [3.8, 4) is 5.75 Å². The topological polar surface area (TPSA) is 48.1 Å². The smallest absolute Gasteiger partial charge is 0.137 e. The van der Waals surface area contributed by atoms with E-state index >= 15 is 0 Å². The Morgan fingerprint density at radius 1 is 1.17 bits per heavy atom. The third-order valence-electron chi connectivity index (χ3n) is 3.65. The molecule has 0 saturated heterocycles. The Labute approximate surface area is 107 Å². The maximum Gasteiger partial charge on any atom is 0.137 e. The average Bonchev–Trinajstić information content (AvgIpc) is 2.76. The van der Waals surface area contributed by atoms with Crippen LogP contribution in [0.1, 0.15) is 16.7 Å². The van der Waals surface area contributed by atoms with Gasteiger partial charge in [-0.3, -0.25) is 4.98 Å². The summed E-state index contributed by atoms with van der Waals surface area (Å²) in [5.41, 5.74) is 9.91. The monoisotopic (exact) mass is 240 g/mol. The standard InChI is InChI=1S/C15H16N2O/c1-18-14-6-13(9-17-10-14)15(16)7-11-4-2-3-5-12(11)8-15/h2-6,9-10H,7-8,16H2,1H3. The van der Waals surface area contributed by atoms with Crippen LogP contribution in [0.5, 0.6) is 5.75 Å². The van der Waals surface area contributed by atoms with Gasteiger partial charge < -0.3 is 10.5 Å². The molecule has 92 valence electrons. The number of pyridine rings is 1. The number of hydrogen-bond donors (Lipinski definition) is 1. The lowest BCUT2D eigenvalue weighted by Crippen LogP contribution is -2.37. The Kier molecular flexibility index (Phi) is 2.56. The van der Waals surface area contributed by atoms with Crippen molar-refractivity contribution in [2.75, 3.05) is 7.11 Å². The Bertz CT molecular complexity index is 555. The van der Waals surface area contributed by atoms with E-state index < -0.39 is 0 Å². The number of aromatic nitrogens is 1. The molecule has 18 heavy (non-hydrogen) atoms. The van der Waals surface area contributed by atoms with Crippen LogP contribution in [-0.4, -0.2) is 12.1 Å². The fourth-order valence-corrected chi connectivity index (χ4v) is 2.65. The highest BCUT2D eigenvalue weighted by atomic mass is 16.5. The number of methoxy groups -OCH3 is 1. The van der Waals surface area contributed by atoms with Crippen LogP contribution in [0.15, 0.2) is 42.7 Å². The second kappa shape index (κ2) is 4.10. The van der Waals surface area contributed by atoms with Crippen molar-refractivity contribution in [3.63, 3.8) is 0 Å². The first-order valence-electron chi connectivity index (χ1n) is 6.06. The van der Waals surface area contributed by atoms with Gasteiger partial charge in [-0.1, -0.05) is 24.3 Å². The van der Waals surface area contributed by atoms with E-state index in [-0.39, 0.29) is 5.54 Å². The SMILES string of the molecule is COc1cncc(C2(N)Cc3ccccc3C2)c1. The number of benzene rings is 1. The van der Waals surface area contributed by atoms with Crippen molar-refractivity contribution in [3.05, 3.63) is 59.4 Å². The molecule has 0 aliphatic heterocycles. The van der Waals surface area contributed by atoms with Crippen LogP contribution in [-0.2, 0) is 18.4 Å². The molecule has 0 bridgehead atoms. The molecule has 1 aliphatic carbocycles. The molecule has 0 saturated carbocycles. The molecule has 1 aromatic carbocycles. The molecular weight excluding hydrogens is 224 g/mol. The number of fused-ring (bicyclic) bond motifs is 1. The maximum atomic E-state index is 6.56. The zero-order valence-corrected chi connectivity index (χ0v) is 10.4. The quantitative estimate of drug-likeness (QED) is 0.874. The minimum atomic E-state index is -0.356. The third kappa shape index (κ3) is 1.77. The highest BCUT2D eigenvalue weighted by Gasteiger charge is 2.35. The van der Waals surface area contributed by atoms with Gasteiger partial charge in [0.2, 0.25) is 0 Å². The van der Waals surface area contributed by atoms with E-state index in [1.165, 1.54) is 11.1 Å². The van der Waals surface area contributed by atoms with Crippen LogP contribution in [0, 0.1) is 0 Å². The summed E-state index contributed by atoms with van der Waals surface area (Å²) in [6.07, 6.45) is 5.26. The lowest BCUT2D eigenvalue weighted by molar-refractivity contribution is 0.406. The van der Waals surface area contributed by atoms with Gasteiger partial charge in [-0.15, -0.1) is 0 Å². The second-order valence-corrected chi connectivity index (χ2v) is 4.89. The number of hydrogen-bond acceptors (Lipinski definition) is 3. The number of nitrogens with two attached hydrogens (primary N) is 1. The Balaban J connectivity index is 1.98. The van der Waals surface area contributed by atoms with Crippen molar-refractivity contribution in [1.82, 2.24) is 4.98 Å². The molecule has 1 aliphatic rings. The molecule has 2 N–H and O–H groups in total. The molecule has 3 rings (SSSR count). The van der Waals surface area contributed by atoms with E-state index in [2.05, 4.69) is 29.2 Å². The Morgan fingerprint density at radius 2 is 1.83 bits per heavy atom. The van der Waals surface area contributed by atoms with Gasteiger partial charge >= 0.3 is 0 Å². The van der Waals surface area contributed by atoms with Crippen molar-refractivity contribution in [2.24, 2.45) is 5.73 Å². The molecule has 1 heterocycles. The summed E-state index contributed by atoms with van der Waals surface area (Å²) in [7, 11) is 1.65. The lowest BCUT2D eigenvalue weighted by Gasteiger charge is -2.24. The zero-order valence-electron chi connectivity index (χ0n) is 10.4. The Hall–Kier alpha value is -1.87. The van der Waals surface area contributed by atoms with Crippen molar-refractivity contribution >= 4 is 0 Å². The second-order valence-electron chi connectivity index (χ2n) is 4.89. The largest absolute Gasteiger partial charge is 0.495 e. The zero-order chi connectivity index (χ0) is 12.6. The fourth-order valence-electron chi connectivity index (χ4n) is 2.65. The Morgan fingerprint density at radius 3 is 2.44 bits per heavy atom. The number of rotatable bonds is 2. The predicted octanol–water partition coefficient (Wildman–Crippen LogP) is 2.04. The molecule has 0 spiro atoms. The summed E-state index contributed by atoms with van der Waals surface area (Å²) >= 11 is 0. The van der Waals surface area contributed by atoms with Gasteiger partial charge in [-0.2, -0.15) is 0 Å². The van der Waals surface area contributed by atoms with Gasteiger partial charge in [-0.05, 0) is 35.6 Å². The van der Waals surface area contributed by atoms with Crippen LogP contribution < -0.4 is 10.5 Å². The van der Waals surface area contributed by atoms with E-state index in [0.29, 0.717) is 0 Å². The predicted molar refractivity (Wildman–Crippen MR) is 70.5 cm³/mol. The molecule has 1 aromatic heterocycles. The van der Waals surface area contributed by atoms with Gasteiger partial charge in [0.25, 0.3) is 0 Å². The summed E-state index contributed by atoms with van der Waals surface area (Å²) in [5.74, 6) is 0.758. The summed E-state index contributed by atoms with van der Waals surface area (Å²) < 4.78 is 5.22. The first-order valence-corrected chi connectivity index (χ1v) is 6.06. The summed E-state index contributed by atoms with van der Waals surface area (Å²) in [5, 5.41) is 0. The first-order chi connectivity index (χ1) is 8.71. The van der Waals surface area contributed by atoms with Gasteiger partial charge in [0, 0.05) is 6.20 Å². The van der Waals surface area contributed by atoms with Crippen molar-refractivity contribution in [2.45, 2.75) is 18.4 Å². The summed E-state index contributed by atoms with van der Waals surface area (Å²) in [6, 6.07) is 10.4. The van der Waals surface area contributed by atoms with Gasteiger partial charge in [0.15, 0.2) is 0 Å². The minimum absolute atomic E-state index is 0.356. The fraction of sp³-hybridized carbons (Fsp3) is 0.267. The molecule has 0 fully saturated rings. The molecule has 3 nitrogen and oxygen atoms in total. The van der Waals surface area contributed by atoms with E-state index in [4.69, 9.17) is 10.5 Å². The number of nitrogens with zero attached hydrogens (tertiary/aromatic N) is 1. The highest BCUT2D eigenvalue weighted by molar-refractivity contribution is 5.41. The number of ether oxygens (including phenoxy) is 1. The van der Waals surface area contributed by atoms with Gasteiger partial charge in [-0.25, -0.2) is 0 Å². The van der Waals surface area contributed by atoms with E-state index in [0.717, 1.165) is 24.2 Å². The van der Waals surface area contributed by atoms with Crippen molar-refractivity contribution < 1.29 is 4.74 Å². The van der Waals surface area contributed by atoms with Crippen LogP contribution in [0.25, 0.3) is 0 Å². The minimum Gasteiger partial charge on any atom is -0.495 e. The lowest BCUT2D eigenvalue weighted by atomic mass is 9.89. The van der Waals surface area contributed by atoms with Crippen LogP contribution in [0.2, 0.25) is 0 Å². The van der Waals surface area contributed by atoms with Crippen LogP contribution in [0.3, 0.4) is 0 Å².